The highest BCUT2D eigenvalue weighted by atomic mass is 19.1. The Balaban J connectivity index is 2.02. The highest BCUT2D eigenvalue weighted by Crippen LogP contribution is 2.25. The molecular weight excluding hydrogens is 353 g/mol. The van der Waals surface area contributed by atoms with E-state index in [-0.39, 0.29) is 11.0 Å². The summed E-state index contributed by atoms with van der Waals surface area (Å²) in [5, 5.41) is 18.9. The van der Waals surface area contributed by atoms with Gasteiger partial charge in [0.15, 0.2) is 11.6 Å². The molecule has 26 heavy (non-hydrogen) atoms. The predicted molar refractivity (Wildman–Crippen MR) is 82.4 cm³/mol. The van der Waals surface area contributed by atoms with Crippen molar-refractivity contribution in [3.63, 3.8) is 0 Å². The van der Waals surface area contributed by atoms with Crippen molar-refractivity contribution in [3.05, 3.63) is 52.1 Å². The van der Waals surface area contributed by atoms with Gasteiger partial charge in [0, 0.05) is 30.5 Å². The average Bonchev–Trinajstić information content (AvgIpc) is 2.87. The van der Waals surface area contributed by atoms with E-state index >= 15 is 0 Å². The van der Waals surface area contributed by atoms with Crippen LogP contribution >= 0.6 is 0 Å². The number of benzene rings is 1. The summed E-state index contributed by atoms with van der Waals surface area (Å²) < 4.78 is 23.9. The lowest BCUT2D eigenvalue weighted by Gasteiger charge is -2.07. The van der Waals surface area contributed by atoms with Gasteiger partial charge in [0.05, 0.1) is 0 Å². The van der Waals surface area contributed by atoms with Crippen molar-refractivity contribution >= 4 is 22.9 Å². The minimum atomic E-state index is -1.26. The van der Waals surface area contributed by atoms with Gasteiger partial charge in [0.2, 0.25) is 11.8 Å². The van der Waals surface area contributed by atoms with E-state index in [9.17, 15) is 29.0 Å². The van der Waals surface area contributed by atoms with Gasteiger partial charge in [-0.15, -0.1) is 4.73 Å². The van der Waals surface area contributed by atoms with Crippen molar-refractivity contribution in [1.29, 1.82) is 0 Å². The van der Waals surface area contributed by atoms with Crippen molar-refractivity contribution < 1.29 is 38.2 Å². The number of carbonyl (C=O) groups excluding carboxylic acids is 2. The summed E-state index contributed by atoms with van der Waals surface area (Å²) in [6, 6.07) is 5.00. The topological polar surface area (TPSA) is 128 Å². The first-order chi connectivity index (χ1) is 12.3. The van der Waals surface area contributed by atoms with Gasteiger partial charge in [-0.1, -0.05) is 0 Å². The fourth-order valence-corrected chi connectivity index (χ4v) is 2.12. The van der Waals surface area contributed by atoms with Gasteiger partial charge >= 0.3 is 17.6 Å². The number of esters is 1. The molecule has 0 aliphatic heterocycles. The fourth-order valence-electron chi connectivity index (χ4n) is 2.12. The molecule has 0 saturated carbocycles. The molecule has 9 nitrogen and oxygen atoms in total. The minimum absolute atomic E-state index is 0.0194. The molecule has 3 aromatic rings. The molecule has 0 atom stereocenters. The number of aromatic nitrogens is 1. The Bertz CT molecular complexity index is 1080. The summed E-state index contributed by atoms with van der Waals surface area (Å²) in [6.07, 6.45) is 0. The molecule has 0 aliphatic carbocycles. The number of carbonyl (C=O) groups is 2. The molecule has 2 N–H and O–H groups in total. The molecule has 10 heteroatoms. The van der Waals surface area contributed by atoms with Crippen LogP contribution in [0.2, 0.25) is 0 Å². The SMILES string of the molecule is CC(=O)Oc1cc2oc(=O)c(C(=O)On3c(O)ccc3O)cc2cc1F. The third-order valence-electron chi connectivity index (χ3n) is 3.23. The van der Waals surface area contributed by atoms with Crippen LogP contribution in [0, 0.1) is 5.82 Å². The molecular formula is C16H10FNO8. The standard InChI is InChI=1S/C16H10FNO8/c1-7(19)24-12-6-11-8(5-10(12)17)4-9(15(22)25-11)16(23)26-18-13(20)2-3-14(18)21/h2-6,20-21H,1H3. The second-order valence-electron chi connectivity index (χ2n) is 5.08. The maximum atomic E-state index is 13.9. The third kappa shape index (κ3) is 3.07. The van der Waals surface area contributed by atoms with Crippen molar-refractivity contribution in [2.45, 2.75) is 6.92 Å². The Labute approximate surface area is 143 Å². The van der Waals surface area contributed by atoms with E-state index < -0.39 is 46.5 Å². The van der Waals surface area contributed by atoms with E-state index in [4.69, 9.17) is 9.25 Å². The Hall–Kier alpha value is -3.82. The summed E-state index contributed by atoms with van der Waals surface area (Å²) in [4.78, 5) is 39.7. The highest BCUT2D eigenvalue weighted by Gasteiger charge is 2.20. The molecule has 0 saturated heterocycles. The van der Waals surface area contributed by atoms with Crippen LogP contribution in [0.4, 0.5) is 4.39 Å². The van der Waals surface area contributed by atoms with E-state index in [0.29, 0.717) is 4.73 Å². The van der Waals surface area contributed by atoms with Gasteiger partial charge in [-0.2, -0.15) is 0 Å². The van der Waals surface area contributed by atoms with Gasteiger partial charge < -0.3 is 24.2 Å². The molecule has 3 rings (SSSR count). The number of halogens is 1. The molecule has 0 radical (unpaired) electrons. The molecule has 134 valence electrons. The minimum Gasteiger partial charge on any atom is -0.492 e. The van der Waals surface area contributed by atoms with Crippen LogP contribution in [0.15, 0.2) is 39.5 Å². The molecule has 0 amide bonds. The van der Waals surface area contributed by atoms with Crippen LogP contribution in [0.1, 0.15) is 17.3 Å². The van der Waals surface area contributed by atoms with Crippen molar-refractivity contribution in [2.24, 2.45) is 0 Å². The number of ether oxygens (including phenoxy) is 1. The molecule has 2 aromatic heterocycles. The summed E-state index contributed by atoms with van der Waals surface area (Å²) in [6.45, 7) is 1.07. The molecule has 0 fully saturated rings. The van der Waals surface area contributed by atoms with Crippen LogP contribution in [-0.4, -0.2) is 26.9 Å². The van der Waals surface area contributed by atoms with E-state index in [1.807, 2.05) is 0 Å². The van der Waals surface area contributed by atoms with Gasteiger partial charge in [-0.3, -0.25) is 4.79 Å². The Morgan fingerprint density at radius 2 is 1.81 bits per heavy atom. The number of fused-ring (bicyclic) bond motifs is 1. The number of aromatic hydroxyl groups is 2. The summed E-state index contributed by atoms with van der Waals surface area (Å²) in [7, 11) is 0. The molecule has 1 aromatic carbocycles. The van der Waals surface area contributed by atoms with Crippen LogP contribution in [0.25, 0.3) is 11.0 Å². The third-order valence-corrected chi connectivity index (χ3v) is 3.23. The maximum Gasteiger partial charge on any atom is 0.371 e. The molecule has 2 heterocycles. The van der Waals surface area contributed by atoms with E-state index in [1.165, 1.54) is 0 Å². The number of hydrogen-bond acceptors (Lipinski definition) is 8. The van der Waals surface area contributed by atoms with Crippen molar-refractivity contribution in [1.82, 2.24) is 4.73 Å². The lowest BCUT2D eigenvalue weighted by atomic mass is 10.1. The van der Waals surface area contributed by atoms with Crippen molar-refractivity contribution in [2.75, 3.05) is 0 Å². The second kappa shape index (κ2) is 6.24. The monoisotopic (exact) mass is 363 g/mol. The van der Waals surface area contributed by atoms with Crippen LogP contribution < -0.4 is 15.2 Å². The first-order valence-electron chi connectivity index (χ1n) is 7.04. The average molecular weight is 363 g/mol. The van der Waals surface area contributed by atoms with E-state index in [0.717, 1.165) is 37.3 Å². The summed E-state index contributed by atoms with van der Waals surface area (Å²) >= 11 is 0. The molecule has 0 bridgehead atoms. The zero-order valence-electron chi connectivity index (χ0n) is 13.1. The second-order valence-corrected chi connectivity index (χ2v) is 5.08. The Kier molecular flexibility index (Phi) is 4.08. The smallest absolute Gasteiger partial charge is 0.371 e. The first-order valence-corrected chi connectivity index (χ1v) is 7.04. The predicted octanol–water partition coefficient (Wildman–Crippen LogP) is 1.34. The van der Waals surface area contributed by atoms with Gasteiger partial charge in [-0.05, 0) is 12.1 Å². The summed E-state index contributed by atoms with van der Waals surface area (Å²) in [5.41, 5.74) is -1.85. The van der Waals surface area contributed by atoms with Crippen LogP contribution in [0.5, 0.6) is 17.5 Å². The van der Waals surface area contributed by atoms with Crippen molar-refractivity contribution in [3.8, 4) is 17.5 Å². The largest absolute Gasteiger partial charge is 0.492 e. The normalized spacial score (nSPS) is 10.7. The quantitative estimate of drug-likeness (QED) is 0.405. The number of hydrogen-bond donors (Lipinski definition) is 2. The first kappa shape index (κ1) is 17.0. The lowest BCUT2D eigenvalue weighted by molar-refractivity contribution is -0.132. The Morgan fingerprint density at radius 3 is 2.42 bits per heavy atom. The fraction of sp³-hybridized carbons (Fsp3) is 0.0625. The lowest BCUT2D eigenvalue weighted by Crippen LogP contribution is -2.24. The van der Waals surface area contributed by atoms with Gasteiger partial charge in [-0.25, -0.2) is 14.0 Å². The molecule has 0 aliphatic rings. The molecule has 0 spiro atoms. The van der Waals surface area contributed by atoms with E-state index in [2.05, 4.69) is 4.74 Å². The van der Waals surface area contributed by atoms with E-state index in [1.54, 1.807) is 0 Å². The number of rotatable bonds is 3. The summed E-state index contributed by atoms with van der Waals surface area (Å²) in [5.74, 6) is -4.55. The van der Waals surface area contributed by atoms with Gasteiger partial charge in [0.25, 0.3) is 0 Å². The zero-order chi connectivity index (χ0) is 19.0. The van der Waals surface area contributed by atoms with Crippen LogP contribution in [0.3, 0.4) is 0 Å². The maximum absolute atomic E-state index is 13.9. The van der Waals surface area contributed by atoms with Gasteiger partial charge in [0.1, 0.15) is 11.1 Å². The zero-order valence-corrected chi connectivity index (χ0v) is 13.1. The Morgan fingerprint density at radius 1 is 1.15 bits per heavy atom. The highest BCUT2D eigenvalue weighted by molar-refractivity contribution is 5.93. The molecule has 0 unspecified atom stereocenters. The number of nitrogens with zero attached hydrogens (tertiary/aromatic N) is 1. The van der Waals surface area contributed by atoms with Crippen LogP contribution in [-0.2, 0) is 4.79 Å².